The second-order valence-corrected chi connectivity index (χ2v) is 11.2. The van der Waals surface area contributed by atoms with Crippen LogP contribution in [0.4, 0.5) is 0 Å². The van der Waals surface area contributed by atoms with Crippen molar-refractivity contribution < 1.29 is 27.6 Å². The van der Waals surface area contributed by atoms with Gasteiger partial charge in [0.15, 0.2) is 0 Å². The van der Waals surface area contributed by atoms with E-state index in [0.29, 0.717) is 18.3 Å². The summed E-state index contributed by atoms with van der Waals surface area (Å²) in [5.74, 6) is 1.03. The minimum absolute atomic E-state index is 0.0326. The van der Waals surface area contributed by atoms with E-state index in [1.165, 1.54) is 37.1 Å². The molecule has 3 aliphatic carbocycles. The molecule has 3 saturated carbocycles. The van der Waals surface area contributed by atoms with Gasteiger partial charge >= 0.3 is 5.97 Å². The van der Waals surface area contributed by atoms with E-state index in [-0.39, 0.29) is 22.0 Å². The number of carbonyl (C=O) groups excluding carboxylic acids is 1. The minimum Gasteiger partial charge on any atom is -0.427 e. The van der Waals surface area contributed by atoms with Crippen LogP contribution in [0.15, 0.2) is 29.2 Å². The smallest absolute Gasteiger partial charge is 0.311 e. The molecular formula is C23H32O6S. The Balaban J connectivity index is 1.35. The monoisotopic (exact) mass is 436 g/mol. The zero-order valence-electron chi connectivity index (χ0n) is 17.4. The summed E-state index contributed by atoms with van der Waals surface area (Å²) < 4.78 is 36.6. The fourth-order valence-corrected chi connectivity index (χ4v) is 6.97. The van der Waals surface area contributed by atoms with Crippen LogP contribution in [0.25, 0.3) is 0 Å². The lowest BCUT2D eigenvalue weighted by Gasteiger charge is -2.55. The van der Waals surface area contributed by atoms with Gasteiger partial charge in [0.05, 0.1) is 10.5 Å². The molecule has 30 heavy (non-hydrogen) atoms. The van der Waals surface area contributed by atoms with Gasteiger partial charge in [-0.3, -0.25) is 9.35 Å². The first kappa shape index (κ1) is 21.8. The summed E-state index contributed by atoms with van der Waals surface area (Å²) in [5.41, 5.74) is -0.482. The van der Waals surface area contributed by atoms with Gasteiger partial charge in [-0.1, -0.05) is 25.7 Å². The summed E-state index contributed by atoms with van der Waals surface area (Å²) in [6.45, 7) is 0. The van der Waals surface area contributed by atoms with Crippen molar-refractivity contribution in [3.05, 3.63) is 24.3 Å². The topological polar surface area (TPSA) is 101 Å². The molecule has 7 heteroatoms. The minimum atomic E-state index is -4.26. The molecule has 0 aromatic heterocycles. The van der Waals surface area contributed by atoms with Crippen molar-refractivity contribution in [2.75, 3.05) is 0 Å². The molecule has 0 aliphatic heterocycles. The predicted octanol–water partition coefficient (Wildman–Crippen LogP) is 4.51. The zero-order chi connectivity index (χ0) is 21.4. The molecular weight excluding hydrogens is 404 g/mol. The lowest BCUT2D eigenvalue weighted by atomic mass is 9.52. The van der Waals surface area contributed by atoms with E-state index in [9.17, 15) is 18.3 Å². The van der Waals surface area contributed by atoms with Gasteiger partial charge in [-0.15, -0.1) is 0 Å². The SMILES string of the molecule is O=C(CCC1CC2CCCC(C3(O)CCCC3)(C2)C1)Oc1ccc(S(=O)(=O)O)cc1. The third-order valence-electron chi connectivity index (χ3n) is 7.82. The molecule has 166 valence electrons. The molecule has 2 N–H and O–H groups in total. The molecule has 2 bridgehead atoms. The maximum atomic E-state index is 12.3. The molecule has 1 aromatic rings. The fourth-order valence-electron chi connectivity index (χ4n) is 6.49. The van der Waals surface area contributed by atoms with Crippen molar-refractivity contribution in [3.63, 3.8) is 0 Å². The van der Waals surface area contributed by atoms with Crippen LogP contribution in [-0.2, 0) is 14.9 Å². The first-order chi connectivity index (χ1) is 14.2. The number of fused-ring (bicyclic) bond motifs is 2. The van der Waals surface area contributed by atoms with Crippen LogP contribution in [0.3, 0.4) is 0 Å². The molecule has 0 radical (unpaired) electrons. The van der Waals surface area contributed by atoms with Crippen LogP contribution in [0.2, 0.25) is 0 Å². The Labute approximate surface area is 178 Å². The van der Waals surface area contributed by atoms with Crippen LogP contribution in [0.5, 0.6) is 5.75 Å². The number of carbonyl (C=O) groups is 1. The molecule has 0 heterocycles. The molecule has 1 aromatic carbocycles. The zero-order valence-corrected chi connectivity index (χ0v) is 18.2. The lowest BCUT2D eigenvalue weighted by Crippen LogP contribution is -2.52. The predicted molar refractivity (Wildman–Crippen MR) is 112 cm³/mol. The summed E-state index contributed by atoms with van der Waals surface area (Å²) in [4.78, 5) is 12.1. The van der Waals surface area contributed by atoms with E-state index in [2.05, 4.69) is 0 Å². The maximum absolute atomic E-state index is 12.3. The average molecular weight is 437 g/mol. The van der Waals surface area contributed by atoms with Gasteiger partial charge in [-0.2, -0.15) is 8.42 Å². The summed E-state index contributed by atoms with van der Waals surface area (Å²) in [6.07, 6.45) is 12.0. The summed E-state index contributed by atoms with van der Waals surface area (Å²) in [6, 6.07) is 5.17. The van der Waals surface area contributed by atoms with Gasteiger partial charge in [0, 0.05) is 6.42 Å². The van der Waals surface area contributed by atoms with E-state index in [4.69, 9.17) is 9.29 Å². The molecule has 3 atom stereocenters. The quantitative estimate of drug-likeness (QED) is 0.386. The second-order valence-electron chi connectivity index (χ2n) is 9.75. The Morgan fingerprint density at radius 1 is 1.07 bits per heavy atom. The second kappa shape index (κ2) is 8.24. The van der Waals surface area contributed by atoms with Crippen LogP contribution >= 0.6 is 0 Å². The average Bonchev–Trinajstić information content (AvgIpc) is 3.14. The largest absolute Gasteiger partial charge is 0.427 e. The van der Waals surface area contributed by atoms with Crippen molar-refractivity contribution in [1.29, 1.82) is 0 Å². The van der Waals surface area contributed by atoms with Gasteiger partial charge in [0.25, 0.3) is 10.1 Å². The molecule has 0 amide bonds. The van der Waals surface area contributed by atoms with Crippen LogP contribution in [0.1, 0.15) is 77.0 Å². The third kappa shape index (κ3) is 4.43. The summed E-state index contributed by atoms with van der Waals surface area (Å²) in [7, 11) is -4.26. The van der Waals surface area contributed by atoms with Crippen molar-refractivity contribution in [3.8, 4) is 5.75 Å². The van der Waals surface area contributed by atoms with E-state index in [1.54, 1.807) is 0 Å². The Kier molecular flexibility index (Phi) is 5.99. The molecule has 3 unspecified atom stereocenters. The molecule has 3 fully saturated rings. The molecule has 0 saturated heterocycles. The van der Waals surface area contributed by atoms with Crippen molar-refractivity contribution in [2.45, 2.75) is 87.5 Å². The van der Waals surface area contributed by atoms with E-state index in [0.717, 1.165) is 57.8 Å². The van der Waals surface area contributed by atoms with Crippen LogP contribution in [0, 0.1) is 17.3 Å². The van der Waals surface area contributed by atoms with Gasteiger partial charge in [-0.25, -0.2) is 0 Å². The Morgan fingerprint density at radius 2 is 1.77 bits per heavy atom. The van der Waals surface area contributed by atoms with E-state index >= 15 is 0 Å². The van der Waals surface area contributed by atoms with E-state index in [1.807, 2.05) is 0 Å². The van der Waals surface area contributed by atoms with Gasteiger partial charge in [-0.05, 0) is 86.5 Å². The Bertz CT molecular complexity index is 871. The standard InChI is InChI=1S/C23H32O6S/c24-21(29-19-6-8-20(9-7-19)30(26,27)28)10-5-18-14-17-4-3-11-22(15-17,16-18)23(25)12-1-2-13-23/h6-9,17-18,25H,1-5,10-16H2,(H,26,27,28). The third-order valence-corrected chi connectivity index (χ3v) is 8.69. The number of hydrogen-bond donors (Lipinski definition) is 2. The maximum Gasteiger partial charge on any atom is 0.311 e. The highest BCUT2D eigenvalue weighted by molar-refractivity contribution is 7.85. The molecule has 6 nitrogen and oxygen atoms in total. The summed E-state index contributed by atoms with van der Waals surface area (Å²) >= 11 is 0. The van der Waals surface area contributed by atoms with Crippen molar-refractivity contribution in [2.24, 2.45) is 17.3 Å². The highest BCUT2D eigenvalue weighted by atomic mass is 32.2. The molecule has 4 rings (SSSR count). The first-order valence-electron chi connectivity index (χ1n) is 11.2. The molecule has 3 aliphatic rings. The highest BCUT2D eigenvalue weighted by Gasteiger charge is 2.55. The number of hydrogen-bond acceptors (Lipinski definition) is 5. The lowest BCUT2D eigenvalue weighted by molar-refractivity contribution is -0.142. The van der Waals surface area contributed by atoms with Gasteiger partial charge in [0.1, 0.15) is 5.75 Å². The Hall–Kier alpha value is -1.44. The normalized spacial score (nSPS) is 30.7. The number of aliphatic hydroxyl groups is 1. The fraction of sp³-hybridized carbons (Fsp3) is 0.696. The Morgan fingerprint density at radius 3 is 2.43 bits per heavy atom. The van der Waals surface area contributed by atoms with E-state index < -0.39 is 15.7 Å². The van der Waals surface area contributed by atoms with Gasteiger partial charge in [0.2, 0.25) is 0 Å². The number of rotatable bonds is 6. The number of esters is 1. The summed E-state index contributed by atoms with van der Waals surface area (Å²) in [5, 5.41) is 11.4. The van der Waals surface area contributed by atoms with Crippen LogP contribution < -0.4 is 4.74 Å². The number of ether oxygens (including phenoxy) is 1. The van der Waals surface area contributed by atoms with Gasteiger partial charge < -0.3 is 9.84 Å². The van der Waals surface area contributed by atoms with Crippen LogP contribution in [-0.4, -0.2) is 29.6 Å². The van der Waals surface area contributed by atoms with Crippen molar-refractivity contribution >= 4 is 16.1 Å². The van der Waals surface area contributed by atoms with Crippen molar-refractivity contribution in [1.82, 2.24) is 0 Å². The number of benzene rings is 1. The molecule has 0 spiro atoms. The first-order valence-corrected chi connectivity index (χ1v) is 12.6. The highest BCUT2D eigenvalue weighted by Crippen LogP contribution is 2.60.